The number of guanidine groups is 1. The van der Waals surface area contributed by atoms with Crippen molar-refractivity contribution in [2.24, 2.45) is 4.99 Å². The van der Waals surface area contributed by atoms with Crippen LogP contribution in [-0.4, -0.2) is 46.1 Å². The fraction of sp³-hybridized carbons (Fsp3) is 0.632. The van der Waals surface area contributed by atoms with Crippen molar-refractivity contribution in [1.29, 1.82) is 0 Å². The van der Waals surface area contributed by atoms with Gasteiger partial charge in [0.25, 0.3) is 0 Å². The molecule has 0 radical (unpaired) electrons. The van der Waals surface area contributed by atoms with Crippen LogP contribution >= 0.6 is 35.7 Å². The molecular formula is C19H32IN3OS2. The van der Waals surface area contributed by atoms with Crippen molar-refractivity contribution in [2.45, 2.75) is 50.2 Å². The zero-order valence-corrected chi connectivity index (χ0v) is 19.7. The van der Waals surface area contributed by atoms with Gasteiger partial charge in [0.15, 0.2) is 5.96 Å². The van der Waals surface area contributed by atoms with E-state index >= 15 is 0 Å². The summed E-state index contributed by atoms with van der Waals surface area (Å²) in [6.07, 6.45) is 3.71. The highest BCUT2D eigenvalue weighted by molar-refractivity contribution is 14.0. The lowest BCUT2D eigenvalue weighted by molar-refractivity contribution is 0.615. The molecule has 0 saturated heterocycles. The second-order valence-electron chi connectivity index (χ2n) is 6.27. The van der Waals surface area contributed by atoms with Crippen LogP contribution in [0.5, 0.6) is 0 Å². The zero-order valence-electron chi connectivity index (χ0n) is 15.8. The third-order valence-corrected chi connectivity index (χ3v) is 6.76. The number of hydrogen-bond acceptors (Lipinski definition) is 3. The molecule has 1 saturated carbocycles. The molecule has 1 fully saturated rings. The Kier molecular flexibility index (Phi) is 12.6. The van der Waals surface area contributed by atoms with Crippen molar-refractivity contribution >= 4 is 52.5 Å². The fourth-order valence-electron chi connectivity index (χ4n) is 3.06. The molecule has 0 aromatic heterocycles. The van der Waals surface area contributed by atoms with Gasteiger partial charge in [-0.1, -0.05) is 37.3 Å². The molecule has 0 heterocycles. The summed E-state index contributed by atoms with van der Waals surface area (Å²) in [5.41, 5.74) is 1.13. The molecule has 2 N–H and O–H groups in total. The summed E-state index contributed by atoms with van der Waals surface area (Å²) in [6, 6.07) is 10.5. The van der Waals surface area contributed by atoms with Crippen molar-refractivity contribution in [3.05, 3.63) is 35.9 Å². The summed E-state index contributed by atoms with van der Waals surface area (Å²) in [4.78, 5) is 4.62. The molecular weight excluding hydrogens is 477 g/mol. The van der Waals surface area contributed by atoms with Gasteiger partial charge < -0.3 is 10.6 Å². The highest BCUT2D eigenvalue weighted by atomic mass is 127. The maximum Gasteiger partial charge on any atom is 0.191 e. The Morgan fingerprint density at radius 3 is 2.73 bits per heavy atom. The first-order valence-electron chi connectivity index (χ1n) is 9.26. The first kappa shape index (κ1) is 23.8. The zero-order chi connectivity index (χ0) is 17.9. The number of nitrogens with zero attached hydrogens (tertiary/aromatic N) is 1. The topological polar surface area (TPSA) is 53.5 Å². The normalized spacial score (nSPS) is 21.1. The standard InChI is InChI=1S/C19H31N3OS2.HI/c1-3-20-19(22-17-10-11-18(14-17)24-4-2)21-12-13-25(23)15-16-8-6-5-7-9-16;/h5-9,17-18H,3-4,10-15H2,1-2H3,(H2,20,21,22);1H. The van der Waals surface area contributed by atoms with E-state index in [0.29, 0.717) is 24.1 Å². The molecule has 1 aromatic carbocycles. The predicted octanol–water partition coefficient (Wildman–Crippen LogP) is 3.78. The van der Waals surface area contributed by atoms with Crippen LogP contribution in [0.3, 0.4) is 0 Å². The van der Waals surface area contributed by atoms with Crippen molar-refractivity contribution in [3.63, 3.8) is 0 Å². The highest BCUT2D eigenvalue weighted by Crippen LogP contribution is 2.29. The summed E-state index contributed by atoms with van der Waals surface area (Å²) in [5.74, 6) is 3.27. The van der Waals surface area contributed by atoms with Crippen LogP contribution in [0.25, 0.3) is 0 Å². The van der Waals surface area contributed by atoms with Gasteiger partial charge in [-0.05, 0) is 37.5 Å². The molecule has 0 amide bonds. The molecule has 0 aliphatic heterocycles. The van der Waals surface area contributed by atoms with Gasteiger partial charge in [0.1, 0.15) is 0 Å². The quantitative estimate of drug-likeness (QED) is 0.302. The van der Waals surface area contributed by atoms with Crippen LogP contribution in [0.15, 0.2) is 35.3 Å². The Morgan fingerprint density at radius 2 is 2.04 bits per heavy atom. The van der Waals surface area contributed by atoms with E-state index in [1.807, 2.05) is 30.3 Å². The molecule has 1 aliphatic carbocycles. The molecule has 3 unspecified atom stereocenters. The van der Waals surface area contributed by atoms with Gasteiger partial charge in [0.05, 0.1) is 6.54 Å². The van der Waals surface area contributed by atoms with Crippen LogP contribution in [-0.2, 0) is 16.6 Å². The largest absolute Gasteiger partial charge is 0.357 e. The molecule has 0 spiro atoms. The molecule has 1 aromatic rings. The van der Waals surface area contributed by atoms with E-state index in [4.69, 9.17) is 0 Å². The van der Waals surface area contributed by atoms with Crippen LogP contribution < -0.4 is 10.6 Å². The first-order valence-corrected chi connectivity index (χ1v) is 11.8. The minimum Gasteiger partial charge on any atom is -0.357 e. The molecule has 0 bridgehead atoms. The summed E-state index contributed by atoms with van der Waals surface area (Å²) < 4.78 is 12.2. The van der Waals surface area contributed by atoms with Crippen molar-refractivity contribution in [1.82, 2.24) is 10.6 Å². The van der Waals surface area contributed by atoms with Gasteiger partial charge in [-0.2, -0.15) is 11.8 Å². The summed E-state index contributed by atoms with van der Waals surface area (Å²) >= 11 is 2.07. The Hall–Kier alpha value is -0.280. The third-order valence-electron chi connectivity index (χ3n) is 4.23. The van der Waals surface area contributed by atoms with Gasteiger partial charge in [-0.3, -0.25) is 9.20 Å². The second kappa shape index (κ2) is 13.8. The summed E-state index contributed by atoms with van der Waals surface area (Å²) in [7, 11) is -0.870. The van der Waals surface area contributed by atoms with E-state index in [-0.39, 0.29) is 24.0 Å². The van der Waals surface area contributed by atoms with E-state index in [2.05, 4.69) is 41.2 Å². The second-order valence-corrected chi connectivity index (χ2v) is 9.42. The van der Waals surface area contributed by atoms with Gasteiger partial charge in [-0.25, -0.2) is 0 Å². The molecule has 4 nitrogen and oxygen atoms in total. The highest BCUT2D eigenvalue weighted by Gasteiger charge is 2.25. The number of nitrogens with one attached hydrogen (secondary N) is 2. The van der Waals surface area contributed by atoms with E-state index in [1.165, 1.54) is 25.0 Å². The molecule has 1 aliphatic rings. The Morgan fingerprint density at radius 1 is 1.27 bits per heavy atom. The third kappa shape index (κ3) is 9.08. The SMILES string of the molecule is CCNC(=NCCS(=O)Cc1ccccc1)NC1CCC(SCC)C1.I. The van der Waals surface area contributed by atoms with E-state index in [9.17, 15) is 4.21 Å². The minimum absolute atomic E-state index is 0. The average Bonchev–Trinajstić information content (AvgIpc) is 3.03. The van der Waals surface area contributed by atoms with E-state index < -0.39 is 10.8 Å². The number of benzene rings is 1. The fourth-order valence-corrected chi connectivity index (χ4v) is 5.21. The van der Waals surface area contributed by atoms with Crippen LogP contribution in [0.2, 0.25) is 0 Å². The summed E-state index contributed by atoms with van der Waals surface area (Å²) in [5, 5.41) is 7.65. The predicted molar refractivity (Wildman–Crippen MR) is 127 cm³/mol. The van der Waals surface area contributed by atoms with Gasteiger partial charge >= 0.3 is 0 Å². The maximum absolute atomic E-state index is 12.2. The minimum atomic E-state index is -0.870. The molecule has 3 atom stereocenters. The van der Waals surface area contributed by atoms with E-state index in [1.54, 1.807) is 0 Å². The lowest BCUT2D eigenvalue weighted by atomic mass is 10.2. The Labute approximate surface area is 182 Å². The van der Waals surface area contributed by atoms with Crippen LogP contribution in [0, 0.1) is 0 Å². The van der Waals surface area contributed by atoms with Crippen LogP contribution in [0.1, 0.15) is 38.7 Å². The maximum atomic E-state index is 12.2. The number of thioether (sulfide) groups is 1. The van der Waals surface area contributed by atoms with Crippen LogP contribution in [0.4, 0.5) is 0 Å². The number of halogens is 1. The van der Waals surface area contributed by atoms with Gasteiger partial charge in [0, 0.05) is 40.1 Å². The number of aliphatic imine (C=N–C) groups is 1. The smallest absolute Gasteiger partial charge is 0.191 e. The van der Waals surface area contributed by atoms with Crippen molar-refractivity contribution in [3.8, 4) is 0 Å². The Bertz CT molecular complexity index is 557. The Balaban J connectivity index is 0.00000338. The molecule has 148 valence electrons. The molecule has 26 heavy (non-hydrogen) atoms. The van der Waals surface area contributed by atoms with Crippen molar-refractivity contribution in [2.75, 3.05) is 24.6 Å². The monoisotopic (exact) mass is 509 g/mol. The van der Waals surface area contributed by atoms with E-state index in [0.717, 1.165) is 23.3 Å². The molecule has 7 heteroatoms. The lowest BCUT2D eigenvalue weighted by Gasteiger charge is -2.17. The lowest BCUT2D eigenvalue weighted by Crippen LogP contribution is -2.42. The van der Waals surface area contributed by atoms with Gasteiger partial charge in [0.2, 0.25) is 0 Å². The number of hydrogen-bond donors (Lipinski definition) is 2. The average molecular weight is 510 g/mol. The van der Waals surface area contributed by atoms with Gasteiger partial charge in [-0.15, -0.1) is 24.0 Å². The van der Waals surface area contributed by atoms with Crippen molar-refractivity contribution < 1.29 is 4.21 Å². The summed E-state index contributed by atoms with van der Waals surface area (Å²) in [6.45, 7) is 5.75. The number of rotatable bonds is 9. The molecule has 2 rings (SSSR count). The first-order chi connectivity index (χ1) is 12.2.